The fraction of sp³-hybridized carbons (Fsp3) is 0.320. The van der Waals surface area contributed by atoms with Gasteiger partial charge in [0, 0.05) is 17.7 Å². The molecule has 0 atom stereocenters. The molecule has 5 nitrogen and oxygen atoms in total. The fourth-order valence-electron chi connectivity index (χ4n) is 4.17. The Morgan fingerprint density at radius 2 is 1.67 bits per heavy atom. The Morgan fingerprint density at radius 1 is 0.900 bits per heavy atom. The van der Waals surface area contributed by atoms with Crippen LogP contribution in [-0.2, 0) is 19.3 Å². The first kappa shape index (κ1) is 18.8. The molecule has 0 unspecified atom stereocenters. The summed E-state index contributed by atoms with van der Waals surface area (Å²) in [4.78, 5) is 9.67. The molecule has 0 saturated heterocycles. The third-order valence-corrected chi connectivity index (χ3v) is 5.93. The van der Waals surface area contributed by atoms with E-state index in [1.165, 1.54) is 40.7 Å². The van der Waals surface area contributed by atoms with Gasteiger partial charge >= 0.3 is 0 Å². The topological polar surface area (TPSA) is 55.1 Å². The van der Waals surface area contributed by atoms with E-state index in [2.05, 4.69) is 68.6 Å². The minimum absolute atomic E-state index is 0.686. The molecule has 5 heteroatoms. The summed E-state index contributed by atoms with van der Waals surface area (Å²) in [6.07, 6.45) is 5.11. The maximum absolute atomic E-state index is 4.88. The van der Waals surface area contributed by atoms with Crippen molar-refractivity contribution in [3.8, 4) is 0 Å². The van der Waals surface area contributed by atoms with Gasteiger partial charge in [0.05, 0.1) is 5.69 Å². The van der Waals surface area contributed by atoms with Gasteiger partial charge in [0.25, 0.3) is 5.78 Å². The maximum atomic E-state index is 4.88. The summed E-state index contributed by atoms with van der Waals surface area (Å²) < 4.78 is 1.91. The highest BCUT2D eigenvalue weighted by molar-refractivity contribution is 5.66. The van der Waals surface area contributed by atoms with Crippen molar-refractivity contribution in [3.63, 3.8) is 0 Å². The lowest BCUT2D eigenvalue weighted by Crippen LogP contribution is -2.14. The molecule has 1 N–H and O–H groups in total. The van der Waals surface area contributed by atoms with Gasteiger partial charge in [-0.25, -0.2) is 4.98 Å². The summed E-state index contributed by atoms with van der Waals surface area (Å²) in [5.41, 5.74) is 8.49. The van der Waals surface area contributed by atoms with Gasteiger partial charge in [-0.3, -0.25) is 0 Å². The van der Waals surface area contributed by atoms with Gasteiger partial charge in [-0.05, 0) is 69.2 Å². The molecule has 152 valence electrons. The number of nitrogens with one attached hydrogen (secondary N) is 1. The predicted molar refractivity (Wildman–Crippen MR) is 121 cm³/mol. The lowest BCUT2D eigenvalue weighted by atomic mass is 9.96. The molecular weight excluding hydrogens is 370 g/mol. The zero-order valence-corrected chi connectivity index (χ0v) is 17.9. The van der Waals surface area contributed by atoms with Crippen molar-refractivity contribution < 1.29 is 0 Å². The number of benzene rings is 2. The SMILES string of the molecule is Cc1ccc(Cc2nc3nc4c(c(Nc5cc(C)ccc5C)n3n2)CCCC4)cc1. The third kappa shape index (κ3) is 3.56. The van der Waals surface area contributed by atoms with Gasteiger partial charge in [-0.2, -0.15) is 9.50 Å². The number of fused-ring (bicyclic) bond motifs is 2. The summed E-state index contributed by atoms with van der Waals surface area (Å²) in [5, 5.41) is 8.56. The molecule has 0 spiro atoms. The smallest absolute Gasteiger partial charge is 0.254 e. The Morgan fingerprint density at radius 3 is 2.50 bits per heavy atom. The number of hydrogen-bond donors (Lipinski definition) is 1. The van der Waals surface area contributed by atoms with Gasteiger partial charge in [0.1, 0.15) is 5.82 Å². The van der Waals surface area contributed by atoms with Crippen LogP contribution in [0.4, 0.5) is 11.5 Å². The molecule has 0 bridgehead atoms. The average molecular weight is 398 g/mol. The van der Waals surface area contributed by atoms with Gasteiger partial charge in [0.2, 0.25) is 0 Å². The highest BCUT2D eigenvalue weighted by Crippen LogP contribution is 2.31. The molecule has 0 amide bonds. The molecule has 30 heavy (non-hydrogen) atoms. The summed E-state index contributed by atoms with van der Waals surface area (Å²) in [6.45, 7) is 6.36. The van der Waals surface area contributed by atoms with E-state index in [9.17, 15) is 0 Å². The number of rotatable bonds is 4. The van der Waals surface area contributed by atoms with Gasteiger partial charge in [0.15, 0.2) is 5.82 Å². The molecule has 2 aromatic carbocycles. The van der Waals surface area contributed by atoms with E-state index in [-0.39, 0.29) is 0 Å². The lowest BCUT2D eigenvalue weighted by molar-refractivity contribution is 0.662. The number of aryl methyl sites for hydroxylation is 4. The molecule has 4 aromatic rings. The van der Waals surface area contributed by atoms with Crippen molar-refractivity contribution in [2.75, 3.05) is 5.32 Å². The van der Waals surface area contributed by atoms with Crippen molar-refractivity contribution >= 4 is 17.3 Å². The lowest BCUT2D eigenvalue weighted by Gasteiger charge is -2.20. The second-order valence-electron chi connectivity index (χ2n) is 8.44. The van der Waals surface area contributed by atoms with Crippen molar-refractivity contribution in [1.82, 2.24) is 19.6 Å². The van der Waals surface area contributed by atoms with Crippen LogP contribution in [0.1, 0.15) is 52.2 Å². The third-order valence-electron chi connectivity index (χ3n) is 5.93. The Hall–Kier alpha value is -3.21. The second-order valence-corrected chi connectivity index (χ2v) is 8.44. The van der Waals surface area contributed by atoms with Gasteiger partial charge < -0.3 is 5.32 Å². The molecule has 0 saturated carbocycles. The Balaban J connectivity index is 1.60. The van der Waals surface area contributed by atoms with Crippen molar-refractivity contribution in [2.45, 2.75) is 52.9 Å². The van der Waals surface area contributed by atoms with E-state index < -0.39 is 0 Å². The van der Waals surface area contributed by atoms with Crippen LogP contribution in [0.25, 0.3) is 5.78 Å². The Labute approximate surface area is 177 Å². The average Bonchev–Trinajstić information content (AvgIpc) is 3.14. The van der Waals surface area contributed by atoms with E-state index in [0.29, 0.717) is 12.2 Å². The largest absolute Gasteiger partial charge is 0.340 e. The predicted octanol–water partition coefficient (Wildman–Crippen LogP) is 5.26. The minimum atomic E-state index is 0.686. The van der Waals surface area contributed by atoms with Crippen LogP contribution >= 0.6 is 0 Å². The fourth-order valence-corrected chi connectivity index (χ4v) is 4.17. The molecule has 1 aliphatic carbocycles. The highest BCUT2D eigenvalue weighted by atomic mass is 15.4. The molecule has 1 aliphatic rings. The molecule has 0 fully saturated rings. The Bertz CT molecular complexity index is 1220. The maximum Gasteiger partial charge on any atom is 0.254 e. The van der Waals surface area contributed by atoms with E-state index in [1.54, 1.807) is 0 Å². The van der Waals surface area contributed by atoms with Crippen LogP contribution in [-0.4, -0.2) is 19.6 Å². The summed E-state index contributed by atoms with van der Waals surface area (Å²) in [6, 6.07) is 15.1. The first-order valence-corrected chi connectivity index (χ1v) is 10.7. The van der Waals surface area contributed by atoms with Crippen LogP contribution < -0.4 is 5.32 Å². The molecular formula is C25H27N5. The van der Waals surface area contributed by atoms with Crippen LogP contribution in [0.2, 0.25) is 0 Å². The normalized spacial score (nSPS) is 13.4. The molecule has 5 rings (SSSR count). The summed E-state index contributed by atoms with van der Waals surface area (Å²) in [5.74, 6) is 2.51. The number of aromatic nitrogens is 4. The zero-order valence-electron chi connectivity index (χ0n) is 17.9. The van der Waals surface area contributed by atoms with Crippen molar-refractivity contribution in [1.29, 1.82) is 0 Å². The Kier molecular flexibility index (Phi) is 4.74. The number of nitrogens with zero attached hydrogens (tertiary/aromatic N) is 4. The minimum Gasteiger partial charge on any atom is -0.340 e. The summed E-state index contributed by atoms with van der Waals surface area (Å²) >= 11 is 0. The first-order chi connectivity index (χ1) is 14.6. The van der Waals surface area contributed by atoms with Crippen molar-refractivity contribution in [2.24, 2.45) is 0 Å². The van der Waals surface area contributed by atoms with E-state index >= 15 is 0 Å². The van der Waals surface area contributed by atoms with E-state index in [4.69, 9.17) is 15.1 Å². The van der Waals surface area contributed by atoms with Crippen LogP contribution in [0.5, 0.6) is 0 Å². The van der Waals surface area contributed by atoms with Gasteiger partial charge in [-0.15, -0.1) is 5.10 Å². The highest BCUT2D eigenvalue weighted by Gasteiger charge is 2.21. The summed E-state index contributed by atoms with van der Waals surface area (Å²) in [7, 11) is 0. The zero-order chi connectivity index (χ0) is 20.7. The monoisotopic (exact) mass is 397 g/mol. The van der Waals surface area contributed by atoms with E-state index in [0.717, 1.165) is 35.9 Å². The first-order valence-electron chi connectivity index (χ1n) is 10.7. The van der Waals surface area contributed by atoms with Crippen LogP contribution in [0, 0.1) is 20.8 Å². The molecule has 0 radical (unpaired) electrons. The van der Waals surface area contributed by atoms with Gasteiger partial charge in [-0.1, -0.05) is 42.0 Å². The molecule has 2 aromatic heterocycles. The molecule has 0 aliphatic heterocycles. The van der Waals surface area contributed by atoms with Crippen molar-refractivity contribution in [3.05, 3.63) is 81.8 Å². The molecule has 2 heterocycles. The number of hydrogen-bond acceptors (Lipinski definition) is 4. The number of anilines is 2. The van der Waals surface area contributed by atoms with Crippen LogP contribution in [0.15, 0.2) is 42.5 Å². The standard InChI is InChI=1S/C25H27N5/c1-16-9-12-19(13-10-16)15-23-28-25-27-21-7-5-4-6-20(21)24(30(25)29-23)26-22-14-17(2)8-11-18(22)3/h8-14,26H,4-7,15H2,1-3H3. The van der Waals surface area contributed by atoms with E-state index in [1.807, 2.05) is 4.52 Å². The van der Waals surface area contributed by atoms with Crippen LogP contribution in [0.3, 0.4) is 0 Å². The second kappa shape index (κ2) is 7.56. The quantitative estimate of drug-likeness (QED) is 0.510.